The highest BCUT2D eigenvalue weighted by Crippen LogP contribution is 2.28. The van der Waals surface area contributed by atoms with Gasteiger partial charge in [0.1, 0.15) is 5.01 Å². The van der Waals surface area contributed by atoms with E-state index in [1.54, 1.807) is 16.2 Å². The molecule has 22 heavy (non-hydrogen) atoms. The molecule has 0 aliphatic carbocycles. The van der Waals surface area contributed by atoms with Gasteiger partial charge >= 0.3 is 0 Å². The molecule has 5 nitrogen and oxygen atoms in total. The van der Waals surface area contributed by atoms with Crippen LogP contribution in [0.5, 0.6) is 0 Å². The first-order valence-corrected chi connectivity index (χ1v) is 8.38. The number of carbonyl (C=O) groups excluding carboxylic acids is 1. The highest BCUT2D eigenvalue weighted by Gasteiger charge is 2.23. The fraction of sp³-hybridized carbons (Fsp3) is 0.500. The van der Waals surface area contributed by atoms with Gasteiger partial charge in [-0.05, 0) is 19.1 Å². The van der Waals surface area contributed by atoms with Gasteiger partial charge in [0, 0.05) is 20.1 Å². The van der Waals surface area contributed by atoms with Crippen LogP contribution in [0, 0.1) is 0 Å². The second-order valence-electron chi connectivity index (χ2n) is 5.59. The third-order valence-electron chi connectivity index (χ3n) is 4.10. The molecule has 3 rings (SSSR count). The molecule has 1 atom stereocenters. The first-order valence-electron chi connectivity index (χ1n) is 7.56. The van der Waals surface area contributed by atoms with E-state index >= 15 is 0 Å². The lowest BCUT2D eigenvalue weighted by atomic mass is 10.3. The van der Waals surface area contributed by atoms with Gasteiger partial charge < -0.3 is 9.64 Å². The van der Waals surface area contributed by atoms with Crippen LogP contribution in [-0.2, 0) is 9.53 Å². The van der Waals surface area contributed by atoms with Crippen LogP contribution in [0.1, 0.15) is 18.0 Å². The maximum atomic E-state index is 12.5. The van der Waals surface area contributed by atoms with Crippen molar-refractivity contribution >= 4 is 27.5 Å². The van der Waals surface area contributed by atoms with Gasteiger partial charge in [-0.1, -0.05) is 12.1 Å². The van der Waals surface area contributed by atoms with Gasteiger partial charge in [-0.3, -0.25) is 9.69 Å². The molecule has 1 saturated heterocycles. The van der Waals surface area contributed by atoms with Gasteiger partial charge in [-0.15, -0.1) is 11.3 Å². The maximum absolute atomic E-state index is 12.5. The van der Waals surface area contributed by atoms with Crippen LogP contribution in [0.15, 0.2) is 24.3 Å². The number of ether oxygens (including phenoxy) is 1. The third-order valence-corrected chi connectivity index (χ3v) is 5.31. The zero-order chi connectivity index (χ0) is 15.5. The van der Waals surface area contributed by atoms with Gasteiger partial charge in [0.2, 0.25) is 5.91 Å². The van der Waals surface area contributed by atoms with Crippen molar-refractivity contribution in [1.82, 2.24) is 14.8 Å². The highest BCUT2D eigenvalue weighted by molar-refractivity contribution is 7.18. The van der Waals surface area contributed by atoms with Crippen LogP contribution in [0.3, 0.4) is 0 Å². The van der Waals surface area contributed by atoms with Crippen molar-refractivity contribution in [1.29, 1.82) is 0 Å². The molecule has 0 saturated carbocycles. The predicted molar refractivity (Wildman–Crippen MR) is 88.1 cm³/mol. The monoisotopic (exact) mass is 319 g/mol. The molecule has 0 bridgehead atoms. The first kappa shape index (κ1) is 15.4. The van der Waals surface area contributed by atoms with Crippen LogP contribution in [0.25, 0.3) is 10.2 Å². The summed E-state index contributed by atoms with van der Waals surface area (Å²) in [5.74, 6) is 0.133. The Kier molecular flexibility index (Phi) is 4.71. The minimum atomic E-state index is -0.00839. The molecule has 1 amide bonds. The molecular weight excluding hydrogens is 298 g/mol. The molecule has 1 aromatic heterocycles. The minimum Gasteiger partial charge on any atom is -0.379 e. The van der Waals surface area contributed by atoms with E-state index < -0.39 is 0 Å². The van der Waals surface area contributed by atoms with Gasteiger partial charge in [0.15, 0.2) is 0 Å². The van der Waals surface area contributed by atoms with Gasteiger partial charge in [0.05, 0.1) is 36.0 Å². The van der Waals surface area contributed by atoms with E-state index in [-0.39, 0.29) is 11.9 Å². The molecule has 0 spiro atoms. The summed E-state index contributed by atoms with van der Waals surface area (Å²) in [7, 11) is 1.86. The molecule has 0 N–H and O–H groups in total. The number of carbonyl (C=O) groups is 1. The number of hydrogen-bond acceptors (Lipinski definition) is 5. The number of para-hydroxylation sites is 1. The van der Waals surface area contributed by atoms with Gasteiger partial charge in [-0.2, -0.15) is 0 Å². The van der Waals surface area contributed by atoms with Crippen LogP contribution in [0.2, 0.25) is 0 Å². The molecule has 1 aliphatic rings. The number of fused-ring (bicyclic) bond motifs is 1. The van der Waals surface area contributed by atoms with E-state index in [0.29, 0.717) is 19.8 Å². The van der Waals surface area contributed by atoms with E-state index in [4.69, 9.17) is 4.74 Å². The molecule has 6 heteroatoms. The summed E-state index contributed by atoms with van der Waals surface area (Å²) in [5.41, 5.74) is 1.00. The van der Waals surface area contributed by atoms with Crippen molar-refractivity contribution in [2.75, 3.05) is 39.9 Å². The van der Waals surface area contributed by atoms with E-state index in [9.17, 15) is 4.79 Å². The van der Waals surface area contributed by atoms with Crippen LogP contribution in [0.4, 0.5) is 0 Å². The van der Waals surface area contributed by atoms with E-state index in [1.165, 1.54) is 4.70 Å². The van der Waals surface area contributed by atoms with E-state index in [2.05, 4.69) is 16.0 Å². The lowest BCUT2D eigenvalue weighted by Crippen LogP contribution is -2.44. The summed E-state index contributed by atoms with van der Waals surface area (Å²) in [6, 6.07) is 8.08. The molecule has 118 valence electrons. The van der Waals surface area contributed by atoms with E-state index in [0.717, 1.165) is 23.6 Å². The quantitative estimate of drug-likeness (QED) is 0.866. The number of nitrogens with zero attached hydrogens (tertiary/aromatic N) is 3. The molecule has 1 fully saturated rings. The predicted octanol–water partition coefficient (Wildman–Crippen LogP) is 2.15. The zero-order valence-corrected chi connectivity index (χ0v) is 13.8. The maximum Gasteiger partial charge on any atom is 0.237 e. The topological polar surface area (TPSA) is 45.7 Å². The fourth-order valence-electron chi connectivity index (χ4n) is 2.51. The van der Waals surface area contributed by atoms with Gasteiger partial charge in [0.25, 0.3) is 0 Å². The number of aromatic nitrogens is 1. The molecule has 1 aromatic carbocycles. The Labute approximate surface area is 134 Å². The first-order chi connectivity index (χ1) is 10.6. The van der Waals surface area contributed by atoms with Crippen LogP contribution in [-0.4, -0.2) is 60.6 Å². The molecule has 2 aromatic rings. The normalized spacial score (nSPS) is 17.5. The number of likely N-dealkylation sites (N-methyl/N-ethyl adjacent to an activating group) is 1. The Bertz CT molecular complexity index is 619. The van der Waals surface area contributed by atoms with Crippen molar-refractivity contribution in [2.24, 2.45) is 0 Å². The number of thiazole rings is 1. The Morgan fingerprint density at radius 2 is 2.14 bits per heavy atom. The Morgan fingerprint density at radius 3 is 2.86 bits per heavy atom. The lowest BCUT2D eigenvalue weighted by Gasteiger charge is -2.29. The summed E-state index contributed by atoms with van der Waals surface area (Å²) in [4.78, 5) is 21.1. The summed E-state index contributed by atoms with van der Waals surface area (Å²) >= 11 is 1.66. The summed E-state index contributed by atoms with van der Waals surface area (Å²) in [6.07, 6.45) is 0. The summed E-state index contributed by atoms with van der Waals surface area (Å²) in [6.45, 7) is 5.57. The van der Waals surface area contributed by atoms with Gasteiger partial charge in [-0.25, -0.2) is 4.98 Å². The molecule has 0 radical (unpaired) electrons. The average Bonchev–Trinajstić information content (AvgIpc) is 2.98. The number of morpholine rings is 1. The van der Waals surface area contributed by atoms with Crippen molar-refractivity contribution < 1.29 is 9.53 Å². The number of benzene rings is 1. The number of rotatable bonds is 4. The Hall–Kier alpha value is -1.50. The fourth-order valence-corrected chi connectivity index (χ4v) is 3.58. The smallest absolute Gasteiger partial charge is 0.237 e. The Balaban J connectivity index is 1.67. The standard InChI is InChI=1S/C16H21N3O2S/c1-12(16-17-13-5-3-4-6-14(13)22-16)18(2)15(20)11-19-7-9-21-10-8-19/h3-6,12H,7-11H2,1-2H3/t12-/m0/s1. The van der Waals surface area contributed by atoms with Crippen LogP contribution >= 0.6 is 11.3 Å². The largest absolute Gasteiger partial charge is 0.379 e. The molecule has 2 heterocycles. The van der Waals surface area contributed by atoms with Crippen LogP contribution < -0.4 is 0 Å². The second-order valence-corrected chi connectivity index (χ2v) is 6.65. The molecule has 1 aliphatic heterocycles. The molecular formula is C16H21N3O2S. The third kappa shape index (κ3) is 3.29. The SMILES string of the molecule is C[C@@H](c1nc2ccccc2s1)N(C)C(=O)CN1CCOCC1. The summed E-state index contributed by atoms with van der Waals surface area (Å²) in [5, 5.41) is 0.985. The average molecular weight is 319 g/mol. The number of hydrogen-bond donors (Lipinski definition) is 0. The zero-order valence-electron chi connectivity index (χ0n) is 13.0. The Morgan fingerprint density at radius 1 is 1.41 bits per heavy atom. The molecule has 0 unspecified atom stereocenters. The number of amides is 1. The second kappa shape index (κ2) is 6.73. The van der Waals surface area contributed by atoms with Crippen molar-refractivity contribution in [3.05, 3.63) is 29.3 Å². The summed E-state index contributed by atoms with van der Waals surface area (Å²) < 4.78 is 6.48. The minimum absolute atomic E-state index is 0.00839. The lowest BCUT2D eigenvalue weighted by molar-refractivity contribution is -0.134. The van der Waals surface area contributed by atoms with Crippen molar-refractivity contribution in [2.45, 2.75) is 13.0 Å². The highest BCUT2D eigenvalue weighted by atomic mass is 32.1. The van der Waals surface area contributed by atoms with Crippen molar-refractivity contribution in [3.63, 3.8) is 0 Å². The van der Waals surface area contributed by atoms with Crippen molar-refractivity contribution in [3.8, 4) is 0 Å². The van der Waals surface area contributed by atoms with E-state index in [1.807, 2.05) is 32.2 Å².